The van der Waals surface area contributed by atoms with Crippen LogP contribution < -0.4 is 4.48 Å². The summed E-state index contributed by atoms with van der Waals surface area (Å²) >= 11 is 0. The molecule has 234 valence electrons. The van der Waals surface area contributed by atoms with Gasteiger partial charge < -0.3 is 0 Å². The Bertz CT molecular complexity index is 2590. The Balaban J connectivity index is 1.34. The highest BCUT2D eigenvalue weighted by Crippen LogP contribution is 2.63. The summed E-state index contributed by atoms with van der Waals surface area (Å²) in [6.07, 6.45) is 0. The number of nitrogens with zero attached hydrogens (tertiary/aromatic N) is 5. The molecule has 1 aliphatic rings. The van der Waals surface area contributed by atoms with Crippen LogP contribution in [0.4, 0.5) is 22.7 Å². The summed E-state index contributed by atoms with van der Waals surface area (Å²) in [4.78, 5) is 15.4. The van der Waals surface area contributed by atoms with E-state index in [1.54, 1.807) is 0 Å². The topological polar surface area (TPSA) is 43.6 Å². The van der Waals surface area contributed by atoms with Gasteiger partial charge in [-0.25, -0.2) is 4.98 Å². The molecular weight excluding hydrogens is 611 g/mol. The Kier molecular flexibility index (Phi) is 6.34. The summed E-state index contributed by atoms with van der Waals surface area (Å²) in [5.41, 5.74) is 11.2. The molecule has 50 heavy (non-hydrogen) atoms. The second-order valence-electron chi connectivity index (χ2n) is 12.6. The van der Waals surface area contributed by atoms with Crippen molar-refractivity contribution < 1.29 is 0 Å². The second-order valence-corrected chi connectivity index (χ2v) is 12.6. The number of benzene rings is 7. The molecule has 0 unspecified atom stereocenters. The Morgan fingerprint density at radius 3 is 1.52 bits per heavy atom. The molecule has 9 aromatic rings. The minimum Gasteiger partial charge on any atom is -0.278 e. The molecule has 7 aromatic carbocycles. The van der Waals surface area contributed by atoms with Crippen LogP contribution in [0.3, 0.4) is 0 Å². The van der Waals surface area contributed by atoms with Crippen LogP contribution in [0.5, 0.6) is 0 Å². The van der Waals surface area contributed by atoms with E-state index < -0.39 is 0 Å². The van der Waals surface area contributed by atoms with Crippen LogP contribution in [0.25, 0.3) is 61.7 Å². The standard InChI is InChI=1S/C45H30N5/c1-5-17-31(18-6-1)43-46-44(32-19-7-2-8-20-32)48-45(47-43)49-39-27-15-13-25-35(39)37-29-38-36-26-14-16-28-41(36)50(42(38)30-40(37)49,33-21-9-3-10-22-33)34-23-11-4-12-24-34/h1-30H/q+1. The van der Waals surface area contributed by atoms with Crippen molar-refractivity contribution in [1.29, 1.82) is 0 Å². The number of hydrogen-bond donors (Lipinski definition) is 0. The Morgan fingerprint density at radius 1 is 0.380 bits per heavy atom. The van der Waals surface area contributed by atoms with Crippen molar-refractivity contribution >= 4 is 44.6 Å². The summed E-state index contributed by atoms with van der Waals surface area (Å²) in [5, 5.41) is 2.30. The summed E-state index contributed by atoms with van der Waals surface area (Å²) in [5.74, 6) is 1.84. The summed E-state index contributed by atoms with van der Waals surface area (Å²) in [6, 6.07) is 64.1. The van der Waals surface area contributed by atoms with Crippen LogP contribution in [0.2, 0.25) is 0 Å². The van der Waals surface area contributed by atoms with Crippen molar-refractivity contribution in [2.24, 2.45) is 0 Å². The zero-order valence-corrected chi connectivity index (χ0v) is 27.1. The third kappa shape index (κ3) is 4.14. The fourth-order valence-electron chi connectivity index (χ4n) is 7.74. The lowest BCUT2D eigenvalue weighted by Crippen LogP contribution is -2.31. The molecule has 10 rings (SSSR count). The lowest BCUT2D eigenvalue weighted by atomic mass is 10.0. The largest absolute Gasteiger partial charge is 0.278 e. The normalized spacial score (nSPS) is 13.0. The van der Waals surface area contributed by atoms with Gasteiger partial charge in [-0.15, -0.1) is 0 Å². The van der Waals surface area contributed by atoms with Gasteiger partial charge in [-0.2, -0.15) is 14.5 Å². The van der Waals surface area contributed by atoms with Crippen molar-refractivity contribution in [3.05, 3.63) is 182 Å². The fourth-order valence-corrected chi connectivity index (χ4v) is 7.74. The van der Waals surface area contributed by atoms with Gasteiger partial charge in [0.15, 0.2) is 23.0 Å². The van der Waals surface area contributed by atoms with Crippen molar-refractivity contribution in [3.63, 3.8) is 0 Å². The van der Waals surface area contributed by atoms with E-state index in [4.69, 9.17) is 15.0 Å². The third-order valence-electron chi connectivity index (χ3n) is 9.88. The predicted molar refractivity (Wildman–Crippen MR) is 204 cm³/mol. The lowest BCUT2D eigenvalue weighted by molar-refractivity contribution is 0.721. The van der Waals surface area contributed by atoms with E-state index in [2.05, 4.69) is 150 Å². The molecule has 0 atom stereocenters. The maximum Gasteiger partial charge on any atom is 0.238 e. The Labute approximate surface area is 289 Å². The highest BCUT2D eigenvalue weighted by atomic mass is 15.4. The average molecular weight is 641 g/mol. The lowest BCUT2D eigenvalue weighted by Gasteiger charge is -2.34. The van der Waals surface area contributed by atoms with E-state index >= 15 is 0 Å². The van der Waals surface area contributed by atoms with Crippen LogP contribution in [-0.2, 0) is 0 Å². The molecule has 3 heterocycles. The molecule has 0 bridgehead atoms. The average Bonchev–Trinajstić information content (AvgIpc) is 3.68. The predicted octanol–water partition coefficient (Wildman–Crippen LogP) is 11.6. The van der Waals surface area contributed by atoms with Crippen LogP contribution in [0, 0.1) is 0 Å². The summed E-state index contributed by atoms with van der Waals surface area (Å²) in [7, 11) is 0. The SMILES string of the molecule is c1ccc(-c2nc(-c3ccccc3)nc(-n3c4ccccc4c4cc5c(cc43)[N+](c3ccccc3)(c3ccccc3)c3ccccc3-5)n2)cc1. The van der Waals surface area contributed by atoms with Crippen LogP contribution in [0.15, 0.2) is 182 Å². The minimum absolute atomic E-state index is 0.465. The summed E-state index contributed by atoms with van der Waals surface area (Å²) < 4.78 is 2.69. The zero-order chi connectivity index (χ0) is 33.1. The van der Waals surface area contributed by atoms with E-state index in [1.165, 1.54) is 33.9 Å². The van der Waals surface area contributed by atoms with Gasteiger partial charge in [0.1, 0.15) is 11.4 Å². The summed E-state index contributed by atoms with van der Waals surface area (Å²) in [6.45, 7) is 0. The van der Waals surface area contributed by atoms with E-state index in [0.29, 0.717) is 22.1 Å². The molecule has 0 saturated heterocycles. The second kappa shape index (κ2) is 11.2. The van der Waals surface area contributed by atoms with Gasteiger partial charge >= 0.3 is 0 Å². The van der Waals surface area contributed by atoms with Gasteiger partial charge in [-0.3, -0.25) is 4.57 Å². The number of para-hydroxylation sites is 4. The molecule has 2 aromatic heterocycles. The highest BCUT2D eigenvalue weighted by molar-refractivity contribution is 6.15. The van der Waals surface area contributed by atoms with Gasteiger partial charge in [0.2, 0.25) is 5.95 Å². The van der Waals surface area contributed by atoms with Crippen LogP contribution >= 0.6 is 0 Å². The van der Waals surface area contributed by atoms with Crippen molar-refractivity contribution in [2.75, 3.05) is 0 Å². The molecule has 1 aliphatic heterocycles. The smallest absolute Gasteiger partial charge is 0.238 e. The third-order valence-corrected chi connectivity index (χ3v) is 9.88. The van der Waals surface area contributed by atoms with Gasteiger partial charge in [-0.1, -0.05) is 127 Å². The molecule has 0 fully saturated rings. The fraction of sp³-hybridized carbons (Fsp3) is 0. The number of fused-ring (bicyclic) bond motifs is 6. The quantitative estimate of drug-likeness (QED) is 0.176. The van der Waals surface area contributed by atoms with Gasteiger partial charge in [0, 0.05) is 58.3 Å². The number of rotatable bonds is 5. The Hall–Kier alpha value is -6.69. The van der Waals surface area contributed by atoms with Crippen molar-refractivity contribution in [2.45, 2.75) is 0 Å². The van der Waals surface area contributed by atoms with E-state index in [1.807, 2.05) is 36.4 Å². The Morgan fingerprint density at radius 2 is 0.900 bits per heavy atom. The maximum atomic E-state index is 5.19. The molecule has 0 aliphatic carbocycles. The molecule has 5 nitrogen and oxygen atoms in total. The van der Waals surface area contributed by atoms with Crippen molar-refractivity contribution in [1.82, 2.24) is 24.0 Å². The number of hydrogen-bond acceptors (Lipinski definition) is 3. The molecular formula is C45H30N5+. The first-order chi connectivity index (χ1) is 24.8. The molecule has 0 radical (unpaired) electrons. The first kappa shape index (κ1) is 28.3. The van der Waals surface area contributed by atoms with Crippen LogP contribution in [0.1, 0.15) is 0 Å². The van der Waals surface area contributed by atoms with E-state index in [9.17, 15) is 0 Å². The first-order valence-electron chi connectivity index (χ1n) is 16.9. The van der Waals surface area contributed by atoms with Gasteiger partial charge in [0.25, 0.3) is 0 Å². The van der Waals surface area contributed by atoms with E-state index in [-0.39, 0.29) is 0 Å². The minimum atomic E-state index is 0.465. The van der Waals surface area contributed by atoms with Crippen LogP contribution in [-0.4, -0.2) is 19.5 Å². The molecule has 0 saturated carbocycles. The molecule has 0 spiro atoms. The highest BCUT2D eigenvalue weighted by Gasteiger charge is 2.48. The first-order valence-corrected chi connectivity index (χ1v) is 16.9. The van der Waals surface area contributed by atoms with Gasteiger partial charge in [0.05, 0.1) is 22.2 Å². The monoisotopic (exact) mass is 640 g/mol. The number of quaternary nitrogens is 1. The van der Waals surface area contributed by atoms with Crippen molar-refractivity contribution in [3.8, 4) is 39.9 Å². The number of aromatic nitrogens is 4. The van der Waals surface area contributed by atoms with E-state index in [0.717, 1.165) is 32.9 Å². The molecule has 0 amide bonds. The molecule has 5 heteroatoms. The zero-order valence-electron chi connectivity index (χ0n) is 27.1. The molecule has 0 N–H and O–H groups in total. The van der Waals surface area contributed by atoms with Gasteiger partial charge in [-0.05, 0) is 18.2 Å². The maximum absolute atomic E-state index is 5.19.